The summed E-state index contributed by atoms with van der Waals surface area (Å²) in [5.74, 6) is 0. The average molecular weight is 253 g/mol. The number of nitrogens with zero attached hydrogens (tertiary/aromatic N) is 1. The normalized spacial score (nSPS) is 12.7. The van der Waals surface area contributed by atoms with E-state index in [9.17, 15) is 0 Å². The molecule has 1 rings (SSSR count). The van der Waals surface area contributed by atoms with E-state index in [1.807, 2.05) is 0 Å². The Labute approximate surface area is 97.5 Å². The molecule has 16 heavy (non-hydrogen) atoms. The van der Waals surface area contributed by atoms with E-state index in [2.05, 4.69) is 51.5 Å². The van der Waals surface area contributed by atoms with Crippen molar-refractivity contribution in [2.75, 3.05) is 21.1 Å². The minimum atomic E-state index is -4.19. The maximum atomic E-state index is 8.83. The molecule has 94 valence electrons. The first-order chi connectivity index (χ1) is 7.08. The summed E-state index contributed by atoms with van der Waals surface area (Å²) in [6, 6.07) is 10.6. The summed E-state index contributed by atoms with van der Waals surface area (Å²) in [5, 5.41) is 0. The summed E-state index contributed by atoms with van der Waals surface area (Å²) in [7, 11) is 2.41. The van der Waals surface area contributed by atoms with Crippen molar-refractivity contribution in [2.45, 2.75) is 6.54 Å². The molecule has 0 aliphatic rings. The molecule has 5 nitrogen and oxygen atoms in total. The summed E-state index contributed by atoms with van der Waals surface area (Å²) in [4.78, 5) is 0. The van der Waals surface area contributed by atoms with Gasteiger partial charge >= 0.3 is 28.9 Å². The van der Waals surface area contributed by atoms with Crippen LogP contribution in [0.3, 0.4) is 0 Å². The molecule has 0 spiro atoms. The van der Waals surface area contributed by atoms with E-state index < -0.39 is 10.2 Å². The average Bonchev–Trinajstić information content (AvgIpc) is 1.99. The molecule has 0 aliphatic heterocycles. The van der Waals surface area contributed by atoms with Gasteiger partial charge in [-0.2, -0.15) is 0 Å². The predicted octanol–water partition coefficient (Wildman–Crippen LogP) is -0.967. The second-order valence-corrected chi connectivity index (χ2v) is 5.24. The molecule has 0 aromatic heterocycles. The third-order valence-electron chi connectivity index (χ3n) is 1.50. The second kappa shape index (κ2) is 6.15. The van der Waals surface area contributed by atoms with Gasteiger partial charge in [0.05, 0.1) is 21.1 Å². The Bertz CT molecular complexity index is 286. The van der Waals surface area contributed by atoms with Crippen LogP contribution in [-0.2, 0) is 6.54 Å². The first-order valence-electron chi connectivity index (χ1n) is 4.58. The van der Waals surface area contributed by atoms with Crippen molar-refractivity contribution < 1.29 is 33.4 Å². The molecule has 0 saturated carbocycles. The predicted molar refractivity (Wildman–Crippen MR) is 54.8 cm³/mol. The Hall–Kier alpha value is -0.690. The fourth-order valence-corrected chi connectivity index (χ4v) is 1.13. The molecular weight excluding hydrogens is 234 g/mol. The van der Waals surface area contributed by atoms with E-state index in [0.29, 0.717) is 0 Å². The van der Waals surface area contributed by atoms with Crippen molar-refractivity contribution in [3.05, 3.63) is 35.9 Å². The first-order valence-corrected chi connectivity index (χ1v) is 5.91. The molecule has 0 bridgehead atoms. The van der Waals surface area contributed by atoms with Crippen LogP contribution in [0.5, 0.6) is 0 Å². The first kappa shape index (κ1) is 15.3. The van der Waals surface area contributed by atoms with E-state index in [1.165, 1.54) is 5.56 Å². The van der Waals surface area contributed by atoms with Crippen molar-refractivity contribution in [2.24, 2.45) is 0 Å². The van der Waals surface area contributed by atoms with Crippen molar-refractivity contribution in [3.63, 3.8) is 0 Å². The zero-order valence-electron chi connectivity index (χ0n) is 9.67. The summed E-state index contributed by atoms with van der Waals surface area (Å²) < 4.78 is 31.2. The SMILES string of the molecule is C[N+](C)(C)Cc1ccccc1.[O-][Cl+](O)(O)O. The van der Waals surface area contributed by atoms with Gasteiger partial charge in [-0.1, -0.05) is 30.3 Å². The van der Waals surface area contributed by atoms with Gasteiger partial charge in [-0.25, -0.2) is 0 Å². The molecule has 0 unspecified atom stereocenters. The monoisotopic (exact) mass is 252 g/mol. The van der Waals surface area contributed by atoms with Gasteiger partial charge in [-0.3, -0.25) is 0 Å². The van der Waals surface area contributed by atoms with Gasteiger partial charge in [0.25, 0.3) is 0 Å². The topological polar surface area (TPSA) is 83.8 Å². The Balaban J connectivity index is 0.000000385. The summed E-state index contributed by atoms with van der Waals surface area (Å²) >= 11 is 0. The Kier molecular flexibility index (Phi) is 5.88. The van der Waals surface area contributed by atoms with Crippen LogP contribution < -0.4 is 4.66 Å². The zero-order chi connectivity index (χ0) is 12.8. The van der Waals surface area contributed by atoms with Gasteiger partial charge in [0, 0.05) is 5.56 Å². The van der Waals surface area contributed by atoms with Crippen molar-refractivity contribution in [1.29, 1.82) is 0 Å². The van der Waals surface area contributed by atoms with Crippen LogP contribution in [0.1, 0.15) is 5.56 Å². The van der Waals surface area contributed by atoms with Gasteiger partial charge < -0.3 is 4.48 Å². The van der Waals surface area contributed by atoms with E-state index >= 15 is 0 Å². The molecule has 1 aromatic rings. The fourth-order valence-electron chi connectivity index (χ4n) is 1.13. The van der Waals surface area contributed by atoms with Crippen LogP contribution in [0.25, 0.3) is 0 Å². The van der Waals surface area contributed by atoms with Crippen LogP contribution in [0.15, 0.2) is 30.3 Å². The third kappa shape index (κ3) is 13.3. The number of hydrogen-bond acceptors (Lipinski definition) is 4. The van der Waals surface area contributed by atoms with Gasteiger partial charge in [-0.15, -0.1) is 0 Å². The molecule has 0 aliphatic carbocycles. The van der Waals surface area contributed by atoms with E-state index in [4.69, 9.17) is 18.6 Å². The number of halogens is 1. The molecule has 0 atom stereocenters. The van der Waals surface area contributed by atoms with Crippen LogP contribution in [0, 0.1) is 10.2 Å². The third-order valence-corrected chi connectivity index (χ3v) is 1.50. The van der Waals surface area contributed by atoms with Crippen LogP contribution >= 0.6 is 0 Å². The molecule has 0 saturated heterocycles. The van der Waals surface area contributed by atoms with Crippen LogP contribution in [0.4, 0.5) is 0 Å². The van der Waals surface area contributed by atoms with Gasteiger partial charge in [0.1, 0.15) is 6.54 Å². The van der Waals surface area contributed by atoms with E-state index in [-0.39, 0.29) is 0 Å². The van der Waals surface area contributed by atoms with E-state index in [1.54, 1.807) is 0 Å². The Morgan fingerprint density at radius 1 is 1.06 bits per heavy atom. The maximum absolute atomic E-state index is 8.83. The van der Waals surface area contributed by atoms with Crippen molar-refractivity contribution >= 4 is 0 Å². The molecule has 0 heterocycles. The molecule has 6 heteroatoms. The number of benzene rings is 1. The van der Waals surface area contributed by atoms with Crippen LogP contribution in [-0.4, -0.2) is 39.6 Å². The van der Waals surface area contributed by atoms with Crippen molar-refractivity contribution in [3.8, 4) is 0 Å². The van der Waals surface area contributed by atoms with Gasteiger partial charge in [0.15, 0.2) is 0 Å². The molecule has 0 amide bonds. The molecule has 3 N–H and O–H groups in total. The van der Waals surface area contributed by atoms with Gasteiger partial charge in [-0.05, 0) is 0 Å². The quantitative estimate of drug-likeness (QED) is 0.592. The summed E-state index contributed by atoms with van der Waals surface area (Å²) in [6.45, 7) is 1.10. The van der Waals surface area contributed by atoms with Crippen LogP contribution in [0.2, 0.25) is 0 Å². The standard InChI is InChI=1S/C10H16N.ClH3O4/c1-11(2,3)9-10-7-5-4-6-8-10;2-1(3,4)5/h4-8H,9H2,1-3H3;2-4H/q+1;. The molecule has 1 aromatic carbocycles. The summed E-state index contributed by atoms with van der Waals surface area (Å²) in [5.41, 5.74) is 1.40. The van der Waals surface area contributed by atoms with Gasteiger partial charge in [0.2, 0.25) is 0 Å². The fraction of sp³-hybridized carbons (Fsp3) is 0.400. The molecular formula is C10H19ClNO4+. The van der Waals surface area contributed by atoms with E-state index in [0.717, 1.165) is 11.0 Å². The number of hydrogen-bond donors (Lipinski definition) is 3. The zero-order valence-corrected chi connectivity index (χ0v) is 10.4. The Morgan fingerprint density at radius 3 is 1.75 bits per heavy atom. The molecule has 0 radical (unpaired) electrons. The second-order valence-electron chi connectivity index (χ2n) is 4.37. The Morgan fingerprint density at radius 2 is 1.44 bits per heavy atom. The van der Waals surface area contributed by atoms with Crippen molar-refractivity contribution in [1.82, 2.24) is 0 Å². The number of rotatable bonds is 2. The summed E-state index contributed by atoms with van der Waals surface area (Å²) in [6.07, 6.45) is 0. The number of quaternary nitrogens is 1. The molecule has 0 fully saturated rings. The minimum absolute atomic E-state index is 0.990.